The van der Waals surface area contributed by atoms with Crippen LogP contribution in [0, 0.1) is 0 Å². The minimum Gasteiger partial charge on any atom is -0.480 e. The maximum atomic E-state index is 12.3. The van der Waals surface area contributed by atoms with E-state index in [1.165, 1.54) is 18.9 Å². The van der Waals surface area contributed by atoms with Gasteiger partial charge in [0, 0.05) is 19.9 Å². The summed E-state index contributed by atoms with van der Waals surface area (Å²) in [6.07, 6.45) is 1.24. The summed E-state index contributed by atoms with van der Waals surface area (Å²) in [6, 6.07) is 8.25. The third-order valence-corrected chi connectivity index (χ3v) is 3.41. The fourth-order valence-corrected chi connectivity index (χ4v) is 1.85. The molecule has 1 saturated carbocycles. The van der Waals surface area contributed by atoms with Crippen molar-refractivity contribution in [2.24, 2.45) is 0 Å². The Hall–Kier alpha value is -2.04. The largest absolute Gasteiger partial charge is 0.480 e. The van der Waals surface area contributed by atoms with Crippen LogP contribution in [-0.4, -0.2) is 40.6 Å². The average Bonchev–Trinajstić information content (AvgIpc) is 3.18. The molecule has 1 aliphatic carbocycles. The molecule has 19 heavy (non-hydrogen) atoms. The molecular formula is C14H17NO4. The molecule has 0 aliphatic heterocycles. The topological polar surface area (TPSA) is 66.8 Å². The molecule has 5 nitrogen and oxygen atoms in total. The fourth-order valence-electron chi connectivity index (χ4n) is 1.85. The first-order chi connectivity index (χ1) is 8.96. The molecule has 1 amide bonds. The highest BCUT2D eigenvalue weighted by Gasteiger charge is 2.55. The van der Waals surface area contributed by atoms with E-state index in [2.05, 4.69) is 0 Å². The van der Waals surface area contributed by atoms with Crippen molar-refractivity contribution in [1.82, 2.24) is 4.90 Å². The van der Waals surface area contributed by atoms with Gasteiger partial charge in [-0.1, -0.05) is 18.2 Å². The van der Waals surface area contributed by atoms with Crippen molar-refractivity contribution in [1.29, 1.82) is 0 Å². The second kappa shape index (κ2) is 4.91. The summed E-state index contributed by atoms with van der Waals surface area (Å²) in [5, 5.41) is 8.94. The van der Waals surface area contributed by atoms with E-state index in [-0.39, 0.29) is 5.91 Å². The van der Waals surface area contributed by atoms with Crippen LogP contribution < -0.4 is 4.74 Å². The van der Waals surface area contributed by atoms with Gasteiger partial charge in [0.15, 0.2) is 5.60 Å². The number of carbonyl (C=O) groups excluding carboxylic acids is 1. The highest BCUT2D eigenvalue weighted by molar-refractivity contribution is 5.91. The second-order valence-electron chi connectivity index (χ2n) is 4.84. The van der Waals surface area contributed by atoms with E-state index < -0.39 is 17.6 Å². The lowest BCUT2D eigenvalue weighted by Crippen LogP contribution is -2.48. The number of para-hydroxylation sites is 1. The van der Waals surface area contributed by atoms with Crippen LogP contribution in [0.25, 0.3) is 0 Å². The number of carboxylic acids is 1. The van der Waals surface area contributed by atoms with Crippen LogP contribution in [-0.2, 0) is 9.59 Å². The van der Waals surface area contributed by atoms with E-state index in [1.54, 1.807) is 12.1 Å². The van der Waals surface area contributed by atoms with Gasteiger partial charge in [0.25, 0.3) is 5.91 Å². The highest BCUT2D eigenvalue weighted by Crippen LogP contribution is 2.42. The Morgan fingerprint density at radius 1 is 1.32 bits per heavy atom. The Bertz CT molecular complexity index is 481. The number of hydrogen-bond donors (Lipinski definition) is 1. The monoisotopic (exact) mass is 263 g/mol. The summed E-state index contributed by atoms with van der Waals surface area (Å²) in [7, 11) is 1.50. The first-order valence-corrected chi connectivity index (χ1v) is 6.20. The molecule has 0 aromatic heterocycles. The number of ether oxygens (including phenoxy) is 1. The van der Waals surface area contributed by atoms with Crippen molar-refractivity contribution in [3.05, 3.63) is 30.3 Å². The van der Waals surface area contributed by atoms with E-state index in [0.717, 1.165) is 0 Å². The quantitative estimate of drug-likeness (QED) is 0.874. The predicted octanol–water partition coefficient (Wildman–Crippen LogP) is 1.53. The molecule has 0 spiro atoms. The molecule has 5 heteroatoms. The first-order valence-electron chi connectivity index (χ1n) is 6.20. The van der Waals surface area contributed by atoms with Gasteiger partial charge in [-0.3, -0.25) is 4.79 Å². The molecule has 1 aromatic carbocycles. The van der Waals surface area contributed by atoms with Crippen molar-refractivity contribution < 1.29 is 19.4 Å². The third kappa shape index (κ3) is 2.70. The Balaban J connectivity index is 2.08. The molecule has 0 bridgehead atoms. The number of carboxylic acid groups (broad SMARTS) is 1. The molecule has 0 radical (unpaired) electrons. The molecule has 0 heterocycles. The fraction of sp³-hybridized carbons (Fsp3) is 0.429. The van der Waals surface area contributed by atoms with Gasteiger partial charge >= 0.3 is 5.97 Å². The number of aliphatic carboxylic acids is 1. The Morgan fingerprint density at radius 3 is 2.37 bits per heavy atom. The summed E-state index contributed by atoms with van der Waals surface area (Å²) in [5.74, 6) is -0.664. The number of amides is 1. The number of likely N-dealkylation sites (N-methyl/N-ethyl adjacent to an activating group) is 1. The molecule has 102 valence electrons. The number of hydrogen-bond acceptors (Lipinski definition) is 3. The molecule has 1 N–H and O–H groups in total. The highest BCUT2D eigenvalue weighted by atomic mass is 16.5. The van der Waals surface area contributed by atoms with E-state index in [1.807, 2.05) is 18.2 Å². The zero-order chi connectivity index (χ0) is 14.0. The molecule has 2 rings (SSSR count). The van der Waals surface area contributed by atoms with Crippen molar-refractivity contribution in [3.8, 4) is 5.75 Å². The van der Waals surface area contributed by atoms with E-state index in [4.69, 9.17) is 9.84 Å². The molecule has 1 unspecified atom stereocenters. The van der Waals surface area contributed by atoms with Crippen LogP contribution >= 0.6 is 0 Å². The first kappa shape index (κ1) is 13.4. The van der Waals surface area contributed by atoms with Gasteiger partial charge in [-0.25, -0.2) is 4.79 Å². The van der Waals surface area contributed by atoms with Gasteiger partial charge in [0.1, 0.15) is 11.8 Å². The maximum Gasteiger partial charge on any atom is 0.326 e. The minimum atomic E-state index is -1.02. The van der Waals surface area contributed by atoms with Crippen molar-refractivity contribution in [2.45, 2.75) is 31.4 Å². The van der Waals surface area contributed by atoms with Crippen molar-refractivity contribution >= 4 is 11.9 Å². The van der Waals surface area contributed by atoms with E-state index >= 15 is 0 Å². The lowest BCUT2D eigenvalue weighted by Gasteiger charge is -2.27. The molecule has 1 aliphatic rings. The summed E-state index contributed by atoms with van der Waals surface area (Å²) >= 11 is 0. The predicted molar refractivity (Wildman–Crippen MR) is 68.9 cm³/mol. The lowest BCUT2D eigenvalue weighted by atomic mass is 10.2. The third-order valence-electron chi connectivity index (χ3n) is 3.41. The van der Waals surface area contributed by atoms with Crippen molar-refractivity contribution in [3.63, 3.8) is 0 Å². The van der Waals surface area contributed by atoms with Crippen LogP contribution in [0.5, 0.6) is 5.75 Å². The van der Waals surface area contributed by atoms with E-state index in [0.29, 0.717) is 18.6 Å². The van der Waals surface area contributed by atoms with Gasteiger partial charge in [-0.2, -0.15) is 0 Å². The zero-order valence-corrected chi connectivity index (χ0v) is 11.0. The SMILES string of the molecule is CC(C(=O)O)N(C)C(=O)C1(Oc2ccccc2)CC1. The Labute approximate surface area is 111 Å². The average molecular weight is 263 g/mol. The summed E-state index contributed by atoms with van der Waals surface area (Å²) in [5.41, 5.74) is -0.875. The molecule has 1 aromatic rings. The number of benzene rings is 1. The van der Waals surface area contributed by atoms with Gasteiger partial charge in [-0.05, 0) is 19.1 Å². The molecule has 0 saturated heterocycles. The summed E-state index contributed by atoms with van der Waals surface area (Å²) in [6.45, 7) is 1.48. The van der Waals surface area contributed by atoms with Gasteiger partial charge < -0.3 is 14.7 Å². The van der Waals surface area contributed by atoms with Crippen LogP contribution in [0.1, 0.15) is 19.8 Å². The van der Waals surface area contributed by atoms with Crippen LogP contribution in [0.2, 0.25) is 0 Å². The Kier molecular flexibility index (Phi) is 3.46. The normalized spacial score (nSPS) is 17.4. The summed E-state index contributed by atoms with van der Waals surface area (Å²) < 4.78 is 5.74. The van der Waals surface area contributed by atoms with Gasteiger partial charge in [0.05, 0.1) is 0 Å². The Morgan fingerprint density at radius 2 is 1.89 bits per heavy atom. The van der Waals surface area contributed by atoms with Gasteiger partial charge in [-0.15, -0.1) is 0 Å². The number of carbonyl (C=O) groups is 2. The standard InChI is InChI=1S/C14H17NO4/c1-10(12(16)17)15(2)13(18)14(8-9-14)19-11-6-4-3-5-7-11/h3-7,10H,8-9H2,1-2H3,(H,16,17). The maximum absolute atomic E-state index is 12.3. The number of rotatable bonds is 5. The lowest BCUT2D eigenvalue weighted by molar-refractivity contribution is -0.152. The number of nitrogens with zero attached hydrogens (tertiary/aromatic N) is 1. The minimum absolute atomic E-state index is 0.272. The van der Waals surface area contributed by atoms with Crippen LogP contribution in [0.4, 0.5) is 0 Å². The molecular weight excluding hydrogens is 246 g/mol. The van der Waals surface area contributed by atoms with Crippen LogP contribution in [0.15, 0.2) is 30.3 Å². The molecule has 1 atom stereocenters. The van der Waals surface area contributed by atoms with Crippen molar-refractivity contribution in [2.75, 3.05) is 7.05 Å². The van der Waals surface area contributed by atoms with E-state index in [9.17, 15) is 9.59 Å². The zero-order valence-electron chi connectivity index (χ0n) is 11.0. The van der Waals surface area contributed by atoms with Crippen LogP contribution in [0.3, 0.4) is 0 Å². The smallest absolute Gasteiger partial charge is 0.326 e. The second-order valence-corrected chi connectivity index (χ2v) is 4.84. The summed E-state index contributed by atoms with van der Waals surface area (Å²) in [4.78, 5) is 24.5. The van der Waals surface area contributed by atoms with Gasteiger partial charge in [0.2, 0.25) is 0 Å². The molecule has 1 fully saturated rings.